The Morgan fingerprint density at radius 3 is 2.40 bits per heavy atom. The van der Waals surface area contributed by atoms with Crippen LogP contribution in [0.5, 0.6) is 5.75 Å². The van der Waals surface area contributed by atoms with E-state index in [0.29, 0.717) is 10.6 Å². The highest BCUT2D eigenvalue weighted by Gasteiger charge is 2.11. The smallest absolute Gasteiger partial charge is 0.122 e. The summed E-state index contributed by atoms with van der Waals surface area (Å²) in [5, 5.41) is 9.80. The summed E-state index contributed by atoms with van der Waals surface area (Å²) < 4.78 is 5.29. The molecule has 0 radical (unpaired) electrons. The fourth-order valence-electron chi connectivity index (χ4n) is 1.95. The first-order valence-corrected chi connectivity index (χ1v) is 6.55. The number of ether oxygens (including phenoxy) is 1. The van der Waals surface area contributed by atoms with Crippen molar-refractivity contribution in [3.8, 4) is 11.8 Å². The summed E-state index contributed by atoms with van der Waals surface area (Å²) in [6.45, 7) is 1.96. The van der Waals surface area contributed by atoms with Gasteiger partial charge in [0, 0.05) is 0 Å². The Morgan fingerprint density at radius 2 is 1.80 bits per heavy atom. The molecule has 2 aromatic carbocycles. The minimum atomic E-state index is 0.428. The third-order valence-electron chi connectivity index (χ3n) is 3.06. The lowest BCUT2D eigenvalue weighted by Gasteiger charge is -2.09. The fraction of sp³-hybridized carbons (Fsp3) is 0.118. The van der Waals surface area contributed by atoms with Gasteiger partial charge in [0.15, 0.2) is 0 Å². The highest BCUT2D eigenvalue weighted by atomic mass is 35.5. The summed E-state index contributed by atoms with van der Waals surface area (Å²) in [4.78, 5) is 0. The molecule has 0 bridgehead atoms. The van der Waals surface area contributed by atoms with E-state index in [4.69, 9.17) is 16.3 Å². The zero-order valence-corrected chi connectivity index (χ0v) is 12.1. The maximum atomic E-state index is 9.37. The number of halogens is 1. The Morgan fingerprint density at radius 1 is 1.10 bits per heavy atom. The van der Waals surface area contributed by atoms with E-state index in [1.165, 1.54) is 0 Å². The first-order valence-electron chi connectivity index (χ1n) is 6.17. The first kappa shape index (κ1) is 14.2. The van der Waals surface area contributed by atoms with E-state index in [0.717, 1.165) is 22.4 Å². The summed E-state index contributed by atoms with van der Waals surface area (Å²) in [6, 6.07) is 17.2. The molecule has 0 spiro atoms. The average Bonchev–Trinajstić information content (AvgIpc) is 2.49. The van der Waals surface area contributed by atoms with Gasteiger partial charge >= 0.3 is 0 Å². The Kier molecular flexibility index (Phi) is 4.45. The van der Waals surface area contributed by atoms with Crippen molar-refractivity contribution in [1.29, 1.82) is 5.26 Å². The molecular weight excluding hydrogens is 270 g/mol. The number of rotatable bonds is 3. The van der Waals surface area contributed by atoms with E-state index in [1.807, 2.05) is 55.5 Å². The largest absolute Gasteiger partial charge is 0.496 e. The van der Waals surface area contributed by atoms with Crippen LogP contribution < -0.4 is 4.74 Å². The zero-order chi connectivity index (χ0) is 14.5. The minimum Gasteiger partial charge on any atom is -0.496 e. The van der Waals surface area contributed by atoms with Gasteiger partial charge in [-0.05, 0) is 29.7 Å². The second-order valence-electron chi connectivity index (χ2n) is 4.35. The number of hydrogen-bond donors (Lipinski definition) is 0. The topological polar surface area (TPSA) is 33.0 Å². The Hall–Kier alpha value is -2.24. The van der Waals surface area contributed by atoms with Crippen molar-refractivity contribution in [3.63, 3.8) is 0 Å². The molecular formula is C17H14ClNO. The van der Waals surface area contributed by atoms with Crippen molar-refractivity contribution < 1.29 is 4.74 Å². The Balaban J connectivity index is 2.55. The predicted octanol–water partition coefficient (Wildman–Crippen LogP) is 4.63. The maximum absolute atomic E-state index is 9.37. The lowest BCUT2D eigenvalue weighted by molar-refractivity contribution is 0.411. The van der Waals surface area contributed by atoms with Crippen molar-refractivity contribution in [2.24, 2.45) is 0 Å². The molecule has 0 heterocycles. The third-order valence-corrected chi connectivity index (χ3v) is 3.46. The Labute approximate surface area is 123 Å². The molecule has 0 amide bonds. The molecule has 0 aliphatic carbocycles. The molecule has 0 aliphatic heterocycles. The first-order chi connectivity index (χ1) is 9.67. The van der Waals surface area contributed by atoms with Crippen molar-refractivity contribution >= 4 is 22.2 Å². The molecule has 0 saturated carbocycles. The molecule has 0 unspecified atom stereocenters. The van der Waals surface area contributed by atoms with Crippen LogP contribution in [0.2, 0.25) is 0 Å². The normalized spacial score (nSPS) is 11.5. The summed E-state index contributed by atoms with van der Waals surface area (Å²) in [7, 11) is 1.62. The molecule has 0 atom stereocenters. The van der Waals surface area contributed by atoms with Crippen molar-refractivity contribution in [1.82, 2.24) is 0 Å². The van der Waals surface area contributed by atoms with Gasteiger partial charge in [0.2, 0.25) is 0 Å². The SMILES string of the molecule is COc1cc(C(Cl)=C(C#N)c2ccccc2)ccc1C. The van der Waals surface area contributed by atoms with Gasteiger partial charge in [0.1, 0.15) is 11.8 Å². The third kappa shape index (κ3) is 2.84. The van der Waals surface area contributed by atoms with Crippen molar-refractivity contribution in [2.75, 3.05) is 7.11 Å². The quantitative estimate of drug-likeness (QED) is 0.607. The molecule has 0 aliphatic rings. The number of benzene rings is 2. The second-order valence-corrected chi connectivity index (χ2v) is 4.73. The molecule has 0 fully saturated rings. The van der Waals surface area contributed by atoms with Gasteiger partial charge in [-0.3, -0.25) is 0 Å². The van der Waals surface area contributed by atoms with Crippen LogP contribution in [0.3, 0.4) is 0 Å². The number of methoxy groups -OCH3 is 1. The van der Waals surface area contributed by atoms with Gasteiger partial charge in [-0.25, -0.2) is 0 Å². The highest BCUT2D eigenvalue weighted by Crippen LogP contribution is 2.32. The molecule has 2 rings (SSSR count). The lowest BCUT2D eigenvalue weighted by atomic mass is 10.0. The fourth-order valence-corrected chi connectivity index (χ4v) is 2.21. The van der Waals surface area contributed by atoms with E-state index < -0.39 is 0 Å². The molecule has 0 saturated heterocycles. The number of hydrogen-bond acceptors (Lipinski definition) is 2. The monoisotopic (exact) mass is 283 g/mol. The van der Waals surface area contributed by atoms with E-state index in [-0.39, 0.29) is 0 Å². The van der Waals surface area contributed by atoms with E-state index in [1.54, 1.807) is 7.11 Å². The van der Waals surface area contributed by atoms with Gasteiger partial charge < -0.3 is 4.74 Å². The molecule has 2 nitrogen and oxygen atoms in total. The van der Waals surface area contributed by atoms with Crippen LogP contribution in [-0.4, -0.2) is 7.11 Å². The van der Waals surface area contributed by atoms with Crippen LogP contribution in [0.4, 0.5) is 0 Å². The van der Waals surface area contributed by atoms with Crippen LogP contribution >= 0.6 is 11.6 Å². The zero-order valence-electron chi connectivity index (χ0n) is 11.4. The molecule has 2 aromatic rings. The lowest BCUT2D eigenvalue weighted by Crippen LogP contribution is -1.90. The summed E-state index contributed by atoms with van der Waals surface area (Å²) in [5.41, 5.74) is 3.06. The molecule has 100 valence electrons. The van der Waals surface area contributed by atoms with Crippen molar-refractivity contribution in [3.05, 3.63) is 65.2 Å². The number of aryl methyl sites for hydroxylation is 1. The maximum Gasteiger partial charge on any atom is 0.122 e. The van der Waals surface area contributed by atoms with Crippen LogP contribution in [-0.2, 0) is 0 Å². The minimum absolute atomic E-state index is 0.428. The second kappa shape index (κ2) is 6.27. The van der Waals surface area contributed by atoms with Gasteiger partial charge in [-0.15, -0.1) is 0 Å². The summed E-state index contributed by atoms with van der Waals surface area (Å²) in [6.07, 6.45) is 0. The standard InChI is InChI=1S/C17H14ClNO/c1-12-8-9-14(10-16(12)20-2)17(18)15(11-19)13-6-4-3-5-7-13/h3-10H,1-2H3. The summed E-state index contributed by atoms with van der Waals surface area (Å²) in [5.74, 6) is 0.756. The predicted molar refractivity (Wildman–Crippen MR) is 82.5 cm³/mol. The van der Waals surface area contributed by atoms with Gasteiger partial charge in [-0.2, -0.15) is 5.26 Å². The summed E-state index contributed by atoms with van der Waals surface area (Å²) >= 11 is 6.39. The molecule has 3 heteroatoms. The number of nitriles is 1. The van der Waals surface area contributed by atoms with Gasteiger partial charge in [-0.1, -0.05) is 54.1 Å². The van der Waals surface area contributed by atoms with Crippen LogP contribution in [0.25, 0.3) is 10.6 Å². The Bertz CT molecular complexity index is 684. The highest BCUT2D eigenvalue weighted by molar-refractivity contribution is 6.53. The van der Waals surface area contributed by atoms with Gasteiger partial charge in [0.25, 0.3) is 0 Å². The van der Waals surface area contributed by atoms with E-state index >= 15 is 0 Å². The van der Waals surface area contributed by atoms with E-state index in [2.05, 4.69) is 6.07 Å². The van der Waals surface area contributed by atoms with Crippen LogP contribution in [0.15, 0.2) is 48.5 Å². The van der Waals surface area contributed by atoms with E-state index in [9.17, 15) is 5.26 Å². The molecule has 0 N–H and O–H groups in total. The van der Waals surface area contributed by atoms with Gasteiger partial charge in [0.05, 0.1) is 17.7 Å². The van der Waals surface area contributed by atoms with Crippen molar-refractivity contribution in [2.45, 2.75) is 6.92 Å². The number of nitrogens with zero attached hydrogens (tertiary/aromatic N) is 1. The molecule has 0 aromatic heterocycles. The average molecular weight is 284 g/mol. The number of allylic oxidation sites excluding steroid dienone is 1. The van der Waals surface area contributed by atoms with Crippen LogP contribution in [0, 0.1) is 18.3 Å². The van der Waals surface area contributed by atoms with Crippen LogP contribution in [0.1, 0.15) is 16.7 Å². The molecule has 20 heavy (non-hydrogen) atoms.